The monoisotopic (exact) mass is 416 g/mol. The number of hydrazone groups is 1. The molecule has 6 heteroatoms. The van der Waals surface area contributed by atoms with E-state index in [0.717, 1.165) is 22.6 Å². The number of ether oxygens (including phenoxy) is 2. The molecule has 6 nitrogen and oxygen atoms in total. The van der Waals surface area contributed by atoms with Gasteiger partial charge in [0.25, 0.3) is 11.8 Å². The predicted molar refractivity (Wildman–Crippen MR) is 116 cm³/mol. The largest absolute Gasteiger partial charge is 0.490 e. The fourth-order valence-corrected chi connectivity index (χ4v) is 4.85. The highest BCUT2D eigenvalue weighted by Crippen LogP contribution is 2.52. The van der Waals surface area contributed by atoms with Crippen LogP contribution in [-0.4, -0.2) is 29.6 Å². The van der Waals surface area contributed by atoms with E-state index in [4.69, 9.17) is 9.47 Å². The number of amides is 2. The highest BCUT2D eigenvalue weighted by molar-refractivity contribution is 6.06. The van der Waals surface area contributed by atoms with E-state index in [9.17, 15) is 9.59 Å². The van der Waals surface area contributed by atoms with Crippen LogP contribution in [0.4, 0.5) is 0 Å². The van der Waals surface area contributed by atoms with E-state index >= 15 is 0 Å². The fraction of sp³-hybridized carbons (Fsp3) is 0.320. The van der Waals surface area contributed by atoms with Crippen LogP contribution < -0.4 is 9.47 Å². The zero-order chi connectivity index (χ0) is 21.4. The average molecular weight is 416 g/mol. The van der Waals surface area contributed by atoms with Crippen LogP contribution in [0.1, 0.15) is 24.5 Å². The third-order valence-corrected chi connectivity index (χ3v) is 6.27. The quantitative estimate of drug-likeness (QED) is 0.391. The summed E-state index contributed by atoms with van der Waals surface area (Å²) in [7, 11) is 0. The number of nitrogens with zero attached hydrogens (tertiary/aromatic N) is 2. The van der Waals surface area contributed by atoms with Gasteiger partial charge in [-0.05, 0) is 54.5 Å². The second kappa shape index (κ2) is 8.02. The summed E-state index contributed by atoms with van der Waals surface area (Å²) in [5.41, 5.74) is 1.80. The van der Waals surface area contributed by atoms with Gasteiger partial charge in [0, 0.05) is 0 Å². The summed E-state index contributed by atoms with van der Waals surface area (Å²) < 4.78 is 11.7. The van der Waals surface area contributed by atoms with Gasteiger partial charge in [0.05, 0.1) is 24.7 Å². The van der Waals surface area contributed by atoms with E-state index < -0.39 is 0 Å². The first-order chi connectivity index (χ1) is 15.2. The van der Waals surface area contributed by atoms with Crippen molar-refractivity contribution in [1.29, 1.82) is 0 Å². The van der Waals surface area contributed by atoms with Crippen molar-refractivity contribution in [3.63, 3.8) is 0 Å². The lowest BCUT2D eigenvalue weighted by Gasteiger charge is -2.13. The first kappa shape index (κ1) is 19.5. The molecule has 31 heavy (non-hydrogen) atoms. The average Bonchev–Trinajstić information content (AvgIpc) is 3.47. The maximum Gasteiger partial charge on any atom is 0.254 e. The lowest BCUT2D eigenvalue weighted by molar-refractivity contribution is -0.140. The third kappa shape index (κ3) is 3.52. The minimum Gasteiger partial charge on any atom is -0.490 e. The Morgan fingerprint density at radius 1 is 0.968 bits per heavy atom. The van der Waals surface area contributed by atoms with Crippen LogP contribution in [0.15, 0.2) is 65.8 Å². The summed E-state index contributed by atoms with van der Waals surface area (Å²) in [5, 5.41) is 5.30. The van der Waals surface area contributed by atoms with Crippen LogP contribution in [0.5, 0.6) is 11.5 Å². The molecule has 0 unspecified atom stereocenters. The van der Waals surface area contributed by atoms with Crippen LogP contribution in [0.2, 0.25) is 0 Å². The molecule has 4 atom stereocenters. The molecule has 0 spiro atoms. The van der Waals surface area contributed by atoms with Crippen molar-refractivity contribution in [2.75, 3.05) is 6.61 Å². The molecule has 2 aliphatic carbocycles. The summed E-state index contributed by atoms with van der Waals surface area (Å²) in [4.78, 5) is 25.5. The molecule has 2 aromatic rings. The van der Waals surface area contributed by atoms with E-state index in [1.165, 1.54) is 6.21 Å². The van der Waals surface area contributed by atoms with Gasteiger partial charge in [0.2, 0.25) is 0 Å². The van der Waals surface area contributed by atoms with Gasteiger partial charge >= 0.3 is 0 Å². The van der Waals surface area contributed by atoms with E-state index in [1.807, 2.05) is 55.5 Å². The zero-order valence-corrected chi connectivity index (χ0v) is 17.3. The number of hydrogen-bond donors (Lipinski definition) is 0. The minimum absolute atomic E-state index is 0.178. The van der Waals surface area contributed by atoms with Crippen LogP contribution in [0, 0.1) is 23.7 Å². The number of carbonyl (C=O) groups excluding carboxylic acids is 2. The van der Waals surface area contributed by atoms with Crippen molar-refractivity contribution in [3.05, 3.63) is 71.8 Å². The molecule has 0 radical (unpaired) electrons. The molecule has 3 aliphatic rings. The van der Waals surface area contributed by atoms with E-state index in [1.54, 1.807) is 0 Å². The highest BCUT2D eigenvalue weighted by atomic mass is 16.5. The summed E-state index contributed by atoms with van der Waals surface area (Å²) in [6.07, 6.45) is 6.60. The number of fused-ring (bicyclic) bond motifs is 5. The van der Waals surface area contributed by atoms with Crippen molar-refractivity contribution in [3.8, 4) is 11.5 Å². The summed E-state index contributed by atoms with van der Waals surface area (Å²) in [6.45, 7) is 2.83. The van der Waals surface area contributed by atoms with Crippen molar-refractivity contribution in [2.24, 2.45) is 28.8 Å². The number of imide groups is 1. The Bertz CT molecular complexity index is 1030. The van der Waals surface area contributed by atoms with Crippen LogP contribution in [0.25, 0.3) is 0 Å². The highest BCUT2D eigenvalue weighted by Gasteiger charge is 2.59. The standard InChI is InChI=1S/C25H24N2O4/c1-2-30-21-12-17(8-11-20(21)31-15-16-6-4-3-5-7-16)14-26-27-24(28)22-18-9-10-19(13-18)23(22)25(27)29/h3-12,14,18-19,22-23H,2,13,15H2,1H3/t18-,19-,22-,23+/m0/s1. The Hall–Kier alpha value is -3.41. The summed E-state index contributed by atoms with van der Waals surface area (Å²) >= 11 is 0. The second-order valence-electron chi connectivity index (χ2n) is 8.15. The van der Waals surface area contributed by atoms with E-state index in [0.29, 0.717) is 24.7 Å². The molecule has 1 saturated heterocycles. The Balaban J connectivity index is 1.31. The zero-order valence-electron chi connectivity index (χ0n) is 17.3. The van der Waals surface area contributed by atoms with Gasteiger partial charge in [-0.2, -0.15) is 10.1 Å². The smallest absolute Gasteiger partial charge is 0.254 e. The normalized spacial score (nSPS) is 26.2. The van der Waals surface area contributed by atoms with Crippen molar-refractivity contribution in [1.82, 2.24) is 5.01 Å². The molecule has 2 bridgehead atoms. The Labute approximate surface area is 181 Å². The molecule has 2 aromatic carbocycles. The molecule has 1 heterocycles. The van der Waals surface area contributed by atoms with Gasteiger partial charge in [-0.1, -0.05) is 42.5 Å². The van der Waals surface area contributed by atoms with Gasteiger partial charge < -0.3 is 9.47 Å². The molecular weight excluding hydrogens is 392 g/mol. The topological polar surface area (TPSA) is 68.2 Å². The van der Waals surface area contributed by atoms with Gasteiger partial charge in [-0.25, -0.2) is 0 Å². The Morgan fingerprint density at radius 3 is 2.35 bits per heavy atom. The molecule has 2 amide bonds. The van der Waals surface area contributed by atoms with Crippen molar-refractivity contribution >= 4 is 18.0 Å². The summed E-state index contributed by atoms with van der Waals surface area (Å²) in [5.74, 6) is 0.732. The molecule has 0 N–H and O–H groups in total. The number of hydrogen-bond acceptors (Lipinski definition) is 5. The first-order valence-corrected chi connectivity index (χ1v) is 10.7. The Morgan fingerprint density at radius 2 is 1.68 bits per heavy atom. The maximum atomic E-state index is 12.8. The number of benzene rings is 2. The van der Waals surface area contributed by atoms with Gasteiger partial charge in [-0.3, -0.25) is 9.59 Å². The molecule has 1 aliphatic heterocycles. The Kier molecular flexibility index (Phi) is 5.06. The van der Waals surface area contributed by atoms with Crippen molar-refractivity contribution in [2.45, 2.75) is 20.0 Å². The molecule has 158 valence electrons. The molecule has 2 fully saturated rings. The van der Waals surface area contributed by atoms with Crippen LogP contribution >= 0.6 is 0 Å². The first-order valence-electron chi connectivity index (χ1n) is 10.7. The van der Waals surface area contributed by atoms with Gasteiger partial charge in [-0.15, -0.1) is 0 Å². The lowest BCUT2D eigenvalue weighted by atomic mass is 9.85. The maximum absolute atomic E-state index is 12.8. The molecular formula is C25H24N2O4. The minimum atomic E-state index is -0.243. The van der Waals surface area contributed by atoms with E-state index in [-0.39, 0.29) is 35.5 Å². The second-order valence-corrected chi connectivity index (χ2v) is 8.15. The molecule has 0 aromatic heterocycles. The number of carbonyl (C=O) groups is 2. The van der Waals surface area contributed by atoms with Gasteiger partial charge in [0.15, 0.2) is 11.5 Å². The lowest BCUT2D eigenvalue weighted by Crippen LogP contribution is -2.28. The summed E-state index contributed by atoms with van der Waals surface area (Å²) in [6, 6.07) is 15.4. The predicted octanol–water partition coefficient (Wildman–Crippen LogP) is 3.81. The SMILES string of the molecule is CCOc1cc(C=NN2C(=O)[C@@H]3[C@H](C2=O)[C@H]2C=C[C@H]3C2)ccc1OCc1ccccc1. The molecule has 1 saturated carbocycles. The number of allylic oxidation sites excluding steroid dienone is 2. The van der Waals surface area contributed by atoms with Crippen LogP contribution in [-0.2, 0) is 16.2 Å². The van der Waals surface area contributed by atoms with E-state index in [2.05, 4.69) is 17.3 Å². The van der Waals surface area contributed by atoms with Gasteiger partial charge in [0.1, 0.15) is 6.61 Å². The third-order valence-electron chi connectivity index (χ3n) is 6.27. The molecule has 5 rings (SSSR count). The van der Waals surface area contributed by atoms with Crippen LogP contribution in [0.3, 0.4) is 0 Å². The van der Waals surface area contributed by atoms with Crippen molar-refractivity contribution < 1.29 is 19.1 Å². The number of rotatable bonds is 7. The fourth-order valence-electron chi connectivity index (χ4n) is 4.85.